The van der Waals surface area contributed by atoms with Gasteiger partial charge in [-0.25, -0.2) is 4.98 Å². The first kappa shape index (κ1) is 11.3. The molecule has 1 heterocycles. The van der Waals surface area contributed by atoms with Crippen molar-refractivity contribution in [3.05, 3.63) is 58.8 Å². The Hall–Kier alpha value is -1.81. The van der Waals surface area contributed by atoms with E-state index in [-0.39, 0.29) is 0 Å². The quantitative estimate of drug-likeness (QED) is 0.769. The lowest BCUT2D eigenvalue weighted by Crippen LogP contribution is -2.01. The number of aromatic nitrogens is 2. The van der Waals surface area contributed by atoms with Crippen molar-refractivity contribution in [2.45, 2.75) is 6.54 Å². The fourth-order valence-electron chi connectivity index (χ4n) is 1.87. The first-order chi connectivity index (χ1) is 8.83. The minimum atomic E-state index is 0.678. The molecule has 90 valence electrons. The highest BCUT2D eigenvalue weighted by Gasteiger charge is 2.02. The lowest BCUT2D eigenvalue weighted by atomic mass is 10.3. The van der Waals surface area contributed by atoms with Crippen LogP contribution in [0.1, 0.15) is 5.82 Å². The number of nitrogens with one attached hydrogen (secondary N) is 2. The van der Waals surface area contributed by atoms with Gasteiger partial charge < -0.3 is 10.3 Å². The molecule has 0 aliphatic heterocycles. The molecule has 3 nitrogen and oxygen atoms in total. The summed E-state index contributed by atoms with van der Waals surface area (Å²) in [6.07, 6.45) is 0. The van der Waals surface area contributed by atoms with Crippen molar-refractivity contribution in [3.8, 4) is 0 Å². The topological polar surface area (TPSA) is 40.7 Å². The maximum absolute atomic E-state index is 4.52. The Kier molecular flexibility index (Phi) is 3.02. The third kappa shape index (κ3) is 2.24. The van der Waals surface area contributed by atoms with Gasteiger partial charge in [0.25, 0.3) is 0 Å². The molecule has 0 saturated carbocycles. The van der Waals surface area contributed by atoms with Crippen molar-refractivity contribution in [1.82, 2.24) is 9.97 Å². The molecule has 3 rings (SSSR count). The summed E-state index contributed by atoms with van der Waals surface area (Å²) in [4.78, 5) is 7.82. The fourth-order valence-corrected chi connectivity index (χ4v) is 2.30. The Balaban J connectivity index is 1.79. The van der Waals surface area contributed by atoms with Crippen LogP contribution in [-0.4, -0.2) is 9.97 Å². The highest BCUT2D eigenvalue weighted by molar-refractivity contribution is 9.10. The number of hydrogen-bond donors (Lipinski definition) is 2. The molecule has 0 aliphatic carbocycles. The summed E-state index contributed by atoms with van der Waals surface area (Å²) in [5.41, 5.74) is 3.14. The van der Waals surface area contributed by atoms with E-state index in [0.29, 0.717) is 6.54 Å². The Morgan fingerprint density at radius 1 is 1.06 bits per heavy atom. The van der Waals surface area contributed by atoms with Gasteiger partial charge in [0, 0.05) is 10.2 Å². The molecule has 0 fully saturated rings. The smallest absolute Gasteiger partial charge is 0.126 e. The van der Waals surface area contributed by atoms with E-state index < -0.39 is 0 Å². The number of imidazole rings is 1. The van der Waals surface area contributed by atoms with Gasteiger partial charge in [-0.3, -0.25) is 0 Å². The Bertz CT molecular complexity index is 642. The lowest BCUT2D eigenvalue weighted by Gasteiger charge is -2.05. The van der Waals surface area contributed by atoms with Crippen molar-refractivity contribution in [2.75, 3.05) is 5.32 Å². The van der Waals surface area contributed by atoms with E-state index in [4.69, 9.17) is 0 Å². The van der Waals surface area contributed by atoms with E-state index in [1.54, 1.807) is 0 Å². The van der Waals surface area contributed by atoms with Crippen LogP contribution in [0.25, 0.3) is 11.0 Å². The van der Waals surface area contributed by atoms with Crippen LogP contribution in [0.2, 0.25) is 0 Å². The number of rotatable bonds is 3. The number of aromatic amines is 1. The summed E-state index contributed by atoms with van der Waals surface area (Å²) in [5, 5.41) is 3.35. The molecule has 0 unspecified atom stereocenters. The van der Waals surface area contributed by atoms with Crippen LogP contribution in [0.15, 0.2) is 53.0 Å². The predicted octanol–water partition coefficient (Wildman–Crippen LogP) is 3.94. The normalized spacial score (nSPS) is 10.7. The van der Waals surface area contributed by atoms with E-state index in [2.05, 4.69) is 31.2 Å². The summed E-state index contributed by atoms with van der Waals surface area (Å²) >= 11 is 3.51. The molecule has 0 spiro atoms. The highest BCUT2D eigenvalue weighted by atomic mass is 79.9. The molecular weight excluding hydrogens is 290 g/mol. The zero-order valence-corrected chi connectivity index (χ0v) is 11.2. The van der Waals surface area contributed by atoms with Gasteiger partial charge in [-0.05, 0) is 40.2 Å². The van der Waals surface area contributed by atoms with Gasteiger partial charge in [0.15, 0.2) is 0 Å². The summed E-state index contributed by atoms with van der Waals surface area (Å²) in [5.74, 6) is 0.937. The van der Waals surface area contributed by atoms with Crippen LogP contribution in [0, 0.1) is 0 Å². The van der Waals surface area contributed by atoms with E-state index in [1.165, 1.54) is 0 Å². The van der Waals surface area contributed by atoms with Gasteiger partial charge >= 0.3 is 0 Å². The Morgan fingerprint density at radius 3 is 2.67 bits per heavy atom. The third-order valence-corrected chi connectivity index (χ3v) is 3.45. The third-order valence-electron chi connectivity index (χ3n) is 2.76. The van der Waals surface area contributed by atoms with Gasteiger partial charge in [0.2, 0.25) is 0 Å². The number of halogens is 1. The second-order valence-electron chi connectivity index (χ2n) is 4.03. The average Bonchev–Trinajstić information content (AvgIpc) is 2.80. The molecular formula is C14H12BrN3. The molecule has 2 N–H and O–H groups in total. The fraction of sp³-hybridized carbons (Fsp3) is 0.0714. The van der Waals surface area contributed by atoms with Crippen LogP contribution in [0.5, 0.6) is 0 Å². The summed E-state index contributed by atoms with van der Waals surface area (Å²) in [6, 6.07) is 16.1. The molecule has 4 heteroatoms. The van der Waals surface area contributed by atoms with Crippen molar-refractivity contribution in [1.29, 1.82) is 0 Å². The summed E-state index contributed by atoms with van der Waals surface area (Å²) in [6.45, 7) is 0.678. The first-order valence-electron chi connectivity index (χ1n) is 5.75. The molecule has 0 bridgehead atoms. The number of anilines is 1. The molecule has 2 aromatic carbocycles. The SMILES string of the molecule is Brc1ccccc1NCc1nc2ccccc2[nH]1. The summed E-state index contributed by atoms with van der Waals surface area (Å²) in [7, 11) is 0. The van der Waals surface area contributed by atoms with Crippen LogP contribution in [0.4, 0.5) is 5.69 Å². The van der Waals surface area contributed by atoms with Crippen molar-refractivity contribution in [3.63, 3.8) is 0 Å². The molecule has 0 radical (unpaired) electrons. The second kappa shape index (κ2) is 4.82. The lowest BCUT2D eigenvalue weighted by molar-refractivity contribution is 1.01. The van der Waals surface area contributed by atoms with Gasteiger partial charge in [-0.1, -0.05) is 24.3 Å². The zero-order chi connectivity index (χ0) is 12.4. The number of H-pyrrole nitrogens is 1. The molecule has 0 amide bonds. The molecule has 18 heavy (non-hydrogen) atoms. The minimum Gasteiger partial charge on any atom is -0.377 e. The van der Waals surface area contributed by atoms with Crippen LogP contribution >= 0.6 is 15.9 Å². The van der Waals surface area contributed by atoms with Gasteiger partial charge in [-0.15, -0.1) is 0 Å². The molecule has 1 aromatic heterocycles. The monoisotopic (exact) mass is 301 g/mol. The highest BCUT2D eigenvalue weighted by Crippen LogP contribution is 2.21. The van der Waals surface area contributed by atoms with Crippen molar-refractivity contribution >= 4 is 32.7 Å². The van der Waals surface area contributed by atoms with E-state index >= 15 is 0 Å². The first-order valence-corrected chi connectivity index (χ1v) is 6.54. The van der Waals surface area contributed by atoms with E-state index in [1.807, 2.05) is 48.5 Å². The average molecular weight is 302 g/mol. The van der Waals surface area contributed by atoms with Crippen LogP contribution in [-0.2, 0) is 6.54 Å². The largest absolute Gasteiger partial charge is 0.377 e. The predicted molar refractivity (Wildman–Crippen MR) is 77.6 cm³/mol. The molecule has 3 aromatic rings. The maximum Gasteiger partial charge on any atom is 0.126 e. The Labute approximate surface area is 113 Å². The molecule has 0 saturated heterocycles. The zero-order valence-electron chi connectivity index (χ0n) is 9.65. The summed E-state index contributed by atoms with van der Waals surface area (Å²) < 4.78 is 1.06. The maximum atomic E-state index is 4.52. The van der Waals surface area contributed by atoms with Crippen molar-refractivity contribution in [2.24, 2.45) is 0 Å². The number of benzene rings is 2. The second-order valence-corrected chi connectivity index (χ2v) is 4.89. The van der Waals surface area contributed by atoms with E-state index in [0.717, 1.165) is 27.0 Å². The van der Waals surface area contributed by atoms with Gasteiger partial charge in [-0.2, -0.15) is 0 Å². The number of para-hydroxylation sites is 3. The van der Waals surface area contributed by atoms with Gasteiger partial charge in [0.05, 0.1) is 17.6 Å². The van der Waals surface area contributed by atoms with E-state index in [9.17, 15) is 0 Å². The number of nitrogens with zero attached hydrogens (tertiary/aromatic N) is 1. The standard InChI is InChI=1S/C14H12BrN3/c15-10-5-1-2-6-11(10)16-9-14-17-12-7-3-4-8-13(12)18-14/h1-8,16H,9H2,(H,17,18). The van der Waals surface area contributed by atoms with Crippen LogP contribution in [0.3, 0.4) is 0 Å². The number of fused-ring (bicyclic) bond motifs is 1. The van der Waals surface area contributed by atoms with Crippen molar-refractivity contribution < 1.29 is 0 Å². The Morgan fingerprint density at radius 2 is 1.83 bits per heavy atom. The van der Waals surface area contributed by atoms with Gasteiger partial charge in [0.1, 0.15) is 5.82 Å². The molecule has 0 atom stereocenters. The minimum absolute atomic E-state index is 0.678. The molecule has 0 aliphatic rings. The number of hydrogen-bond acceptors (Lipinski definition) is 2. The van der Waals surface area contributed by atoms with Crippen LogP contribution < -0.4 is 5.32 Å².